The molecular formula is C12H14FNO. The predicted molar refractivity (Wildman–Crippen MR) is 56.1 cm³/mol. The monoisotopic (exact) mass is 207 g/mol. The molecule has 15 heavy (non-hydrogen) atoms. The smallest absolute Gasteiger partial charge is 0.251 e. The number of carbonyl (C=O) groups is 1. The van der Waals surface area contributed by atoms with E-state index in [1.165, 1.54) is 25.0 Å². The first-order valence-electron chi connectivity index (χ1n) is 5.23. The van der Waals surface area contributed by atoms with Gasteiger partial charge in [0.25, 0.3) is 5.91 Å². The molecule has 1 amide bonds. The second kappa shape index (κ2) is 4.01. The molecule has 3 heteroatoms. The summed E-state index contributed by atoms with van der Waals surface area (Å²) in [6.07, 6.45) is 2.37. The third-order valence-corrected chi connectivity index (χ3v) is 2.77. The van der Waals surface area contributed by atoms with Gasteiger partial charge in [-0.15, -0.1) is 0 Å². The number of nitrogens with one attached hydrogen (secondary N) is 1. The molecule has 1 N–H and O–H groups in total. The highest BCUT2D eigenvalue weighted by Gasteiger charge is 2.29. The Kier molecular flexibility index (Phi) is 2.71. The van der Waals surface area contributed by atoms with Crippen molar-refractivity contribution in [3.05, 3.63) is 35.6 Å². The molecule has 0 aliphatic heterocycles. The van der Waals surface area contributed by atoms with Crippen LogP contribution in [0.4, 0.5) is 4.39 Å². The lowest BCUT2D eigenvalue weighted by molar-refractivity contribution is 0.0935. The minimum atomic E-state index is -0.373. The summed E-state index contributed by atoms with van der Waals surface area (Å²) in [4.78, 5) is 11.7. The first-order valence-corrected chi connectivity index (χ1v) is 5.23. The van der Waals surface area contributed by atoms with Crippen LogP contribution in [0.1, 0.15) is 30.1 Å². The van der Waals surface area contributed by atoms with E-state index >= 15 is 0 Å². The molecule has 2 nitrogen and oxygen atoms in total. The summed E-state index contributed by atoms with van der Waals surface area (Å²) in [6.45, 7) is 1.99. The number of hydrogen-bond acceptors (Lipinski definition) is 1. The average Bonchev–Trinajstić information content (AvgIpc) is 3.00. The average molecular weight is 207 g/mol. The number of halogens is 1. The molecule has 1 aromatic carbocycles. The molecule has 1 atom stereocenters. The van der Waals surface area contributed by atoms with Gasteiger partial charge in [0.15, 0.2) is 0 Å². The molecule has 0 radical (unpaired) electrons. The van der Waals surface area contributed by atoms with Gasteiger partial charge in [-0.2, -0.15) is 0 Å². The minimum Gasteiger partial charge on any atom is -0.349 e. The SMILES string of the molecule is CC(NC(=O)c1cccc(F)c1)C1CC1. The number of benzene rings is 1. The molecule has 0 heterocycles. The molecule has 0 bridgehead atoms. The fourth-order valence-corrected chi connectivity index (χ4v) is 1.63. The van der Waals surface area contributed by atoms with Crippen LogP contribution < -0.4 is 5.32 Å². The van der Waals surface area contributed by atoms with Crippen molar-refractivity contribution in [3.63, 3.8) is 0 Å². The van der Waals surface area contributed by atoms with Crippen molar-refractivity contribution >= 4 is 5.91 Å². The molecule has 0 aromatic heterocycles. The van der Waals surface area contributed by atoms with Crippen molar-refractivity contribution in [3.8, 4) is 0 Å². The molecule has 1 saturated carbocycles. The van der Waals surface area contributed by atoms with E-state index in [-0.39, 0.29) is 17.8 Å². The van der Waals surface area contributed by atoms with Gasteiger partial charge in [0.05, 0.1) is 0 Å². The second-order valence-electron chi connectivity index (χ2n) is 4.11. The maximum Gasteiger partial charge on any atom is 0.251 e. The van der Waals surface area contributed by atoms with E-state index in [2.05, 4.69) is 5.32 Å². The predicted octanol–water partition coefficient (Wildman–Crippen LogP) is 2.35. The Hall–Kier alpha value is -1.38. The summed E-state index contributed by atoms with van der Waals surface area (Å²) in [5, 5.41) is 2.88. The Labute approximate surface area is 88.5 Å². The molecule has 1 aliphatic rings. The zero-order valence-corrected chi connectivity index (χ0v) is 8.66. The van der Waals surface area contributed by atoms with Gasteiger partial charge in [0, 0.05) is 11.6 Å². The summed E-state index contributed by atoms with van der Waals surface area (Å²) in [5.74, 6) is 0.0538. The standard InChI is InChI=1S/C12H14FNO/c1-8(9-5-6-9)14-12(15)10-3-2-4-11(13)7-10/h2-4,7-9H,5-6H2,1H3,(H,14,15). The first kappa shape index (κ1) is 10.1. The normalized spacial score (nSPS) is 17.2. The summed E-state index contributed by atoms with van der Waals surface area (Å²) in [7, 11) is 0. The van der Waals surface area contributed by atoms with Crippen molar-refractivity contribution in [2.24, 2.45) is 5.92 Å². The van der Waals surface area contributed by atoms with Crippen LogP contribution in [-0.4, -0.2) is 11.9 Å². The Morgan fingerprint density at radius 1 is 1.53 bits per heavy atom. The third-order valence-electron chi connectivity index (χ3n) is 2.77. The highest BCUT2D eigenvalue weighted by atomic mass is 19.1. The summed E-state index contributed by atoms with van der Waals surface area (Å²) in [5.41, 5.74) is 0.391. The van der Waals surface area contributed by atoms with E-state index in [0.717, 1.165) is 0 Å². The number of amides is 1. The van der Waals surface area contributed by atoms with Crippen LogP contribution in [0.25, 0.3) is 0 Å². The number of carbonyl (C=O) groups excluding carboxylic acids is 1. The fourth-order valence-electron chi connectivity index (χ4n) is 1.63. The van der Waals surface area contributed by atoms with Crippen LogP contribution in [0, 0.1) is 11.7 Å². The van der Waals surface area contributed by atoms with Crippen LogP contribution >= 0.6 is 0 Å². The topological polar surface area (TPSA) is 29.1 Å². The number of rotatable bonds is 3. The van der Waals surface area contributed by atoms with Gasteiger partial charge < -0.3 is 5.32 Å². The minimum absolute atomic E-state index is 0.186. The quantitative estimate of drug-likeness (QED) is 0.809. The molecule has 1 aliphatic carbocycles. The van der Waals surface area contributed by atoms with E-state index in [1.807, 2.05) is 6.92 Å². The van der Waals surface area contributed by atoms with E-state index < -0.39 is 0 Å². The molecule has 0 spiro atoms. The van der Waals surface area contributed by atoms with E-state index in [1.54, 1.807) is 12.1 Å². The van der Waals surface area contributed by atoms with Crippen molar-refractivity contribution in [2.45, 2.75) is 25.8 Å². The lowest BCUT2D eigenvalue weighted by Gasteiger charge is -2.12. The van der Waals surface area contributed by atoms with Crippen LogP contribution in [0.2, 0.25) is 0 Å². The maximum absolute atomic E-state index is 12.9. The van der Waals surface area contributed by atoms with Crippen LogP contribution in [0.5, 0.6) is 0 Å². The zero-order chi connectivity index (χ0) is 10.8. The van der Waals surface area contributed by atoms with Gasteiger partial charge >= 0.3 is 0 Å². The Balaban J connectivity index is 2.00. The van der Waals surface area contributed by atoms with Gasteiger partial charge in [-0.3, -0.25) is 4.79 Å². The Bertz CT molecular complexity index is 374. The first-order chi connectivity index (χ1) is 7.16. The van der Waals surface area contributed by atoms with Crippen LogP contribution in [0.15, 0.2) is 24.3 Å². The summed E-state index contributed by atoms with van der Waals surface area (Å²) >= 11 is 0. The highest BCUT2D eigenvalue weighted by Crippen LogP contribution is 2.32. The van der Waals surface area contributed by atoms with E-state index in [9.17, 15) is 9.18 Å². The molecule has 1 unspecified atom stereocenters. The van der Waals surface area contributed by atoms with Crippen molar-refractivity contribution in [1.82, 2.24) is 5.32 Å². The maximum atomic E-state index is 12.9. The van der Waals surface area contributed by atoms with Gasteiger partial charge in [0.2, 0.25) is 0 Å². The van der Waals surface area contributed by atoms with Crippen molar-refractivity contribution in [2.75, 3.05) is 0 Å². The second-order valence-corrected chi connectivity index (χ2v) is 4.11. The van der Waals surface area contributed by atoms with Crippen molar-refractivity contribution in [1.29, 1.82) is 0 Å². The van der Waals surface area contributed by atoms with Gasteiger partial charge in [-0.25, -0.2) is 4.39 Å². The largest absolute Gasteiger partial charge is 0.349 e. The van der Waals surface area contributed by atoms with Crippen LogP contribution in [0.3, 0.4) is 0 Å². The van der Waals surface area contributed by atoms with Gasteiger partial charge in [-0.05, 0) is 43.9 Å². The van der Waals surface area contributed by atoms with E-state index in [0.29, 0.717) is 11.5 Å². The van der Waals surface area contributed by atoms with Gasteiger partial charge in [-0.1, -0.05) is 6.07 Å². The molecule has 80 valence electrons. The molecule has 2 rings (SSSR count). The Morgan fingerprint density at radius 3 is 2.87 bits per heavy atom. The lowest BCUT2D eigenvalue weighted by atomic mass is 10.1. The third kappa shape index (κ3) is 2.55. The number of hydrogen-bond donors (Lipinski definition) is 1. The van der Waals surface area contributed by atoms with Gasteiger partial charge in [0.1, 0.15) is 5.82 Å². The zero-order valence-electron chi connectivity index (χ0n) is 8.66. The molecular weight excluding hydrogens is 193 g/mol. The van der Waals surface area contributed by atoms with Crippen molar-refractivity contribution < 1.29 is 9.18 Å². The summed E-state index contributed by atoms with van der Waals surface area (Å²) < 4.78 is 12.9. The highest BCUT2D eigenvalue weighted by molar-refractivity contribution is 5.94. The molecule has 1 fully saturated rings. The van der Waals surface area contributed by atoms with E-state index in [4.69, 9.17) is 0 Å². The fraction of sp³-hybridized carbons (Fsp3) is 0.417. The van der Waals surface area contributed by atoms with Crippen LogP contribution in [-0.2, 0) is 0 Å². The Morgan fingerprint density at radius 2 is 2.27 bits per heavy atom. The molecule has 1 aromatic rings. The lowest BCUT2D eigenvalue weighted by Crippen LogP contribution is -2.33. The molecule has 0 saturated heterocycles. The summed E-state index contributed by atoms with van der Waals surface area (Å²) in [6, 6.07) is 5.96.